The second kappa shape index (κ2) is 5.86. The van der Waals surface area contributed by atoms with Crippen molar-refractivity contribution in [1.29, 1.82) is 0 Å². The maximum Gasteiger partial charge on any atom is 0.338 e. The Morgan fingerprint density at radius 3 is 2.65 bits per heavy atom. The van der Waals surface area contributed by atoms with Crippen molar-refractivity contribution >= 4 is 11.9 Å². The molecule has 1 heterocycles. The lowest BCUT2D eigenvalue weighted by atomic mass is 9.86. The van der Waals surface area contributed by atoms with Crippen molar-refractivity contribution in [2.45, 2.75) is 26.2 Å². The normalized spacial score (nSPS) is 18.8. The van der Waals surface area contributed by atoms with Crippen LogP contribution in [0.4, 0.5) is 4.39 Å². The molecule has 106 valence electrons. The highest BCUT2D eigenvalue weighted by molar-refractivity contribution is 5.93. The molecule has 0 radical (unpaired) electrons. The summed E-state index contributed by atoms with van der Waals surface area (Å²) in [4.78, 5) is 23.6. The number of benzene rings is 1. The van der Waals surface area contributed by atoms with Crippen molar-refractivity contribution in [3.8, 4) is 0 Å². The molecule has 0 fully saturated rings. The molecule has 2 rings (SSSR count). The summed E-state index contributed by atoms with van der Waals surface area (Å²) in [6, 6.07) is 5.72. The molecule has 5 heteroatoms. The van der Waals surface area contributed by atoms with Crippen LogP contribution in [0.15, 0.2) is 35.6 Å². The zero-order valence-corrected chi connectivity index (χ0v) is 11.3. The molecule has 0 saturated heterocycles. The van der Waals surface area contributed by atoms with E-state index in [-0.39, 0.29) is 24.6 Å². The Morgan fingerprint density at radius 1 is 1.40 bits per heavy atom. The molecule has 1 unspecified atom stereocenters. The maximum atomic E-state index is 13.0. The van der Waals surface area contributed by atoms with Crippen molar-refractivity contribution in [3.05, 3.63) is 47.0 Å². The predicted molar refractivity (Wildman–Crippen MR) is 69.2 cm³/mol. The first-order valence-electron chi connectivity index (χ1n) is 6.37. The zero-order valence-electron chi connectivity index (χ0n) is 11.3. The molecule has 1 atom stereocenters. The Balaban J connectivity index is 2.41. The zero-order chi connectivity index (χ0) is 14.7. The maximum absolute atomic E-state index is 13.0. The Kier molecular flexibility index (Phi) is 4.17. The molecule has 0 aliphatic carbocycles. The van der Waals surface area contributed by atoms with E-state index >= 15 is 0 Å². The van der Waals surface area contributed by atoms with Crippen molar-refractivity contribution in [2.75, 3.05) is 6.61 Å². The monoisotopic (exact) mass is 278 g/mol. The van der Waals surface area contributed by atoms with E-state index in [9.17, 15) is 14.0 Å². The Bertz CT molecular complexity index is 560. The number of rotatable bonds is 3. The van der Waals surface area contributed by atoms with Gasteiger partial charge in [-0.05, 0) is 31.5 Å². The summed E-state index contributed by atoms with van der Waals surface area (Å²) in [5.41, 5.74) is 1.00. The lowest BCUT2D eigenvalue weighted by molar-refractivity contribution is -0.144. The van der Waals surface area contributed by atoms with Crippen LogP contribution in [0.5, 0.6) is 0 Å². The molecule has 0 amide bonds. The smallest absolute Gasteiger partial charge is 0.338 e. The molecule has 0 bridgehead atoms. The Morgan fingerprint density at radius 2 is 2.05 bits per heavy atom. The number of carbonyl (C=O) groups is 2. The van der Waals surface area contributed by atoms with E-state index in [1.165, 1.54) is 12.1 Å². The lowest BCUT2D eigenvalue weighted by Gasteiger charge is -2.25. The van der Waals surface area contributed by atoms with E-state index in [2.05, 4.69) is 0 Å². The van der Waals surface area contributed by atoms with Gasteiger partial charge in [0, 0.05) is 5.92 Å². The van der Waals surface area contributed by atoms with Gasteiger partial charge in [-0.2, -0.15) is 0 Å². The second-order valence-electron chi connectivity index (χ2n) is 4.47. The number of cyclic esters (lactones) is 1. The van der Waals surface area contributed by atoms with Gasteiger partial charge in [-0.3, -0.25) is 4.79 Å². The van der Waals surface area contributed by atoms with Crippen molar-refractivity contribution < 1.29 is 23.5 Å². The van der Waals surface area contributed by atoms with Gasteiger partial charge in [0.05, 0.1) is 18.6 Å². The van der Waals surface area contributed by atoms with Gasteiger partial charge in [-0.1, -0.05) is 12.1 Å². The van der Waals surface area contributed by atoms with Gasteiger partial charge >= 0.3 is 11.9 Å². The minimum Gasteiger partial charge on any atom is -0.463 e. The average molecular weight is 278 g/mol. The summed E-state index contributed by atoms with van der Waals surface area (Å²) in [6.45, 7) is 3.50. The van der Waals surface area contributed by atoms with Crippen LogP contribution in [0, 0.1) is 5.82 Å². The molecule has 0 spiro atoms. The standard InChI is InChI=1S/C15H15FO4/c1-3-19-15(18)14-9(2)20-13(17)8-12(14)10-4-6-11(16)7-5-10/h4-7,12H,3,8H2,1-2H3. The number of ether oxygens (including phenoxy) is 2. The van der Waals surface area contributed by atoms with E-state index in [0.29, 0.717) is 11.1 Å². The first kappa shape index (κ1) is 14.2. The number of esters is 2. The van der Waals surface area contributed by atoms with Crippen LogP contribution in [-0.2, 0) is 19.1 Å². The van der Waals surface area contributed by atoms with Crippen LogP contribution in [0.2, 0.25) is 0 Å². The molecule has 1 aromatic rings. The largest absolute Gasteiger partial charge is 0.463 e. The van der Waals surface area contributed by atoms with Gasteiger partial charge in [0.1, 0.15) is 11.6 Å². The summed E-state index contributed by atoms with van der Waals surface area (Å²) < 4.78 is 23.0. The summed E-state index contributed by atoms with van der Waals surface area (Å²) in [5, 5.41) is 0. The van der Waals surface area contributed by atoms with Gasteiger partial charge in [0.15, 0.2) is 0 Å². The number of carbonyl (C=O) groups excluding carboxylic acids is 2. The van der Waals surface area contributed by atoms with Crippen LogP contribution < -0.4 is 0 Å². The van der Waals surface area contributed by atoms with Crippen LogP contribution in [0.1, 0.15) is 31.7 Å². The minimum absolute atomic E-state index is 0.0388. The molecule has 0 N–H and O–H groups in total. The Hall–Kier alpha value is -2.17. The molecule has 1 aromatic carbocycles. The van der Waals surface area contributed by atoms with Crippen molar-refractivity contribution in [1.82, 2.24) is 0 Å². The third-order valence-electron chi connectivity index (χ3n) is 3.13. The number of allylic oxidation sites excluding steroid dienone is 1. The molecular formula is C15H15FO4. The fourth-order valence-corrected chi connectivity index (χ4v) is 2.26. The second-order valence-corrected chi connectivity index (χ2v) is 4.47. The summed E-state index contributed by atoms with van der Waals surface area (Å²) in [7, 11) is 0. The first-order chi connectivity index (χ1) is 9.52. The van der Waals surface area contributed by atoms with Crippen LogP contribution >= 0.6 is 0 Å². The SMILES string of the molecule is CCOC(=O)C1=C(C)OC(=O)CC1c1ccc(F)cc1. The lowest BCUT2D eigenvalue weighted by Crippen LogP contribution is -2.25. The molecule has 0 aromatic heterocycles. The molecule has 20 heavy (non-hydrogen) atoms. The first-order valence-corrected chi connectivity index (χ1v) is 6.37. The topological polar surface area (TPSA) is 52.6 Å². The van der Waals surface area contributed by atoms with E-state index in [0.717, 1.165) is 0 Å². The predicted octanol–water partition coefficient (Wildman–Crippen LogP) is 2.69. The summed E-state index contributed by atoms with van der Waals surface area (Å²) in [6.07, 6.45) is 0.0388. The van der Waals surface area contributed by atoms with E-state index in [1.54, 1.807) is 26.0 Å². The fraction of sp³-hybridized carbons (Fsp3) is 0.333. The van der Waals surface area contributed by atoms with Crippen molar-refractivity contribution in [3.63, 3.8) is 0 Å². The summed E-state index contributed by atoms with van der Waals surface area (Å²) in [5.74, 6) is -1.51. The minimum atomic E-state index is -0.508. The van der Waals surface area contributed by atoms with E-state index in [1.807, 2.05) is 0 Å². The third-order valence-corrected chi connectivity index (χ3v) is 3.13. The van der Waals surface area contributed by atoms with Gasteiger partial charge in [-0.25, -0.2) is 9.18 Å². The van der Waals surface area contributed by atoms with Gasteiger partial charge in [0.2, 0.25) is 0 Å². The number of hydrogen-bond donors (Lipinski definition) is 0. The van der Waals surface area contributed by atoms with Crippen LogP contribution in [0.25, 0.3) is 0 Å². The fourth-order valence-electron chi connectivity index (χ4n) is 2.26. The van der Waals surface area contributed by atoms with E-state index < -0.39 is 17.9 Å². The van der Waals surface area contributed by atoms with Crippen LogP contribution in [-0.4, -0.2) is 18.5 Å². The molecule has 4 nitrogen and oxygen atoms in total. The highest BCUT2D eigenvalue weighted by atomic mass is 19.1. The average Bonchev–Trinajstić information content (AvgIpc) is 2.38. The quantitative estimate of drug-likeness (QED) is 0.798. The number of hydrogen-bond acceptors (Lipinski definition) is 4. The molecule has 1 aliphatic rings. The van der Waals surface area contributed by atoms with Gasteiger partial charge < -0.3 is 9.47 Å². The van der Waals surface area contributed by atoms with Gasteiger partial charge in [-0.15, -0.1) is 0 Å². The highest BCUT2D eigenvalue weighted by Gasteiger charge is 2.34. The number of halogens is 1. The highest BCUT2D eigenvalue weighted by Crippen LogP contribution is 2.35. The van der Waals surface area contributed by atoms with Crippen molar-refractivity contribution in [2.24, 2.45) is 0 Å². The Labute approximate surface area is 116 Å². The van der Waals surface area contributed by atoms with Gasteiger partial charge in [0.25, 0.3) is 0 Å². The summed E-state index contributed by atoms with van der Waals surface area (Å²) >= 11 is 0. The van der Waals surface area contributed by atoms with Crippen LogP contribution in [0.3, 0.4) is 0 Å². The third kappa shape index (κ3) is 2.87. The molecule has 1 aliphatic heterocycles. The molecular weight excluding hydrogens is 263 g/mol. The van der Waals surface area contributed by atoms with E-state index in [4.69, 9.17) is 9.47 Å². The molecule has 0 saturated carbocycles.